The molecule has 2 aromatic rings. The van der Waals surface area contributed by atoms with Crippen LogP contribution in [0.4, 0.5) is 0 Å². The summed E-state index contributed by atoms with van der Waals surface area (Å²) >= 11 is 1.72. The van der Waals surface area contributed by atoms with Crippen molar-refractivity contribution >= 4 is 21.4 Å². The smallest absolute Gasteiger partial charge is 0.225 e. The molecule has 2 rings (SSSR count). The fourth-order valence-electron chi connectivity index (χ4n) is 1.64. The molecule has 1 heterocycles. The van der Waals surface area contributed by atoms with Crippen LogP contribution in [0, 0.1) is 0 Å². The topological polar surface area (TPSA) is 60.2 Å². The molecular weight excluding hydrogens is 266 g/mol. The van der Waals surface area contributed by atoms with Crippen molar-refractivity contribution in [1.29, 1.82) is 0 Å². The van der Waals surface area contributed by atoms with Gasteiger partial charge in [-0.3, -0.25) is 0 Å². The third kappa shape index (κ3) is 2.80. The summed E-state index contributed by atoms with van der Waals surface area (Å²) in [7, 11) is -3.61. The van der Waals surface area contributed by atoms with Crippen molar-refractivity contribution in [2.45, 2.75) is 24.7 Å². The van der Waals surface area contributed by atoms with E-state index < -0.39 is 10.0 Å². The lowest BCUT2D eigenvalue weighted by Gasteiger charge is -2.01. The fourth-order valence-corrected chi connectivity index (χ4v) is 3.09. The standard InChI is InChI=1S/C13H15NO2S2/c1-9(2)13-7-11(8-17-13)10-3-5-12(6-4-10)18(14,15)16/h3-9H,1-2H3,(H2,14,15,16). The Labute approximate surface area is 111 Å². The fraction of sp³-hybridized carbons (Fsp3) is 0.231. The number of nitrogens with two attached hydrogens (primary N) is 1. The molecule has 0 saturated carbocycles. The largest absolute Gasteiger partial charge is 0.238 e. The van der Waals surface area contributed by atoms with Crippen LogP contribution in [-0.2, 0) is 10.0 Å². The van der Waals surface area contributed by atoms with Gasteiger partial charge in [0.1, 0.15) is 0 Å². The average Bonchev–Trinajstić information content (AvgIpc) is 2.77. The Morgan fingerprint density at radius 2 is 1.72 bits per heavy atom. The molecule has 0 radical (unpaired) electrons. The Balaban J connectivity index is 2.34. The Bertz CT molecular complexity index is 640. The van der Waals surface area contributed by atoms with E-state index in [1.807, 2.05) is 0 Å². The van der Waals surface area contributed by atoms with Crippen LogP contribution in [-0.4, -0.2) is 8.42 Å². The van der Waals surface area contributed by atoms with Crippen molar-refractivity contribution < 1.29 is 8.42 Å². The summed E-state index contributed by atoms with van der Waals surface area (Å²) in [4.78, 5) is 1.46. The zero-order chi connectivity index (χ0) is 13.3. The molecule has 96 valence electrons. The van der Waals surface area contributed by atoms with Crippen molar-refractivity contribution in [1.82, 2.24) is 0 Å². The maximum absolute atomic E-state index is 11.2. The molecule has 0 unspecified atom stereocenters. The quantitative estimate of drug-likeness (QED) is 0.939. The highest BCUT2D eigenvalue weighted by molar-refractivity contribution is 7.89. The summed E-state index contributed by atoms with van der Waals surface area (Å²) in [6, 6.07) is 8.79. The molecule has 0 aliphatic carbocycles. The number of primary sulfonamides is 1. The summed E-state index contributed by atoms with van der Waals surface area (Å²) in [6.45, 7) is 4.30. The van der Waals surface area contributed by atoms with Gasteiger partial charge in [-0.15, -0.1) is 11.3 Å². The minimum atomic E-state index is -3.61. The van der Waals surface area contributed by atoms with E-state index in [0.717, 1.165) is 11.1 Å². The third-order valence-electron chi connectivity index (χ3n) is 2.70. The highest BCUT2D eigenvalue weighted by Crippen LogP contribution is 2.30. The first-order chi connectivity index (χ1) is 8.38. The Hall–Kier alpha value is -1.17. The van der Waals surface area contributed by atoms with E-state index in [1.54, 1.807) is 23.5 Å². The second kappa shape index (κ2) is 4.84. The lowest BCUT2D eigenvalue weighted by Crippen LogP contribution is -2.11. The van der Waals surface area contributed by atoms with Gasteiger partial charge in [0.25, 0.3) is 0 Å². The molecule has 18 heavy (non-hydrogen) atoms. The summed E-state index contributed by atoms with van der Waals surface area (Å²) in [5, 5.41) is 7.15. The monoisotopic (exact) mass is 281 g/mol. The van der Waals surface area contributed by atoms with Gasteiger partial charge in [-0.05, 0) is 40.6 Å². The number of hydrogen-bond acceptors (Lipinski definition) is 3. The van der Waals surface area contributed by atoms with Gasteiger partial charge in [0.05, 0.1) is 4.90 Å². The van der Waals surface area contributed by atoms with Crippen LogP contribution in [0.1, 0.15) is 24.6 Å². The van der Waals surface area contributed by atoms with E-state index in [4.69, 9.17) is 5.14 Å². The Morgan fingerprint density at radius 1 is 1.11 bits per heavy atom. The predicted octanol–water partition coefficient (Wildman–Crippen LogP) is 3.19. The van der Waals surface area contributed by atoms with E-state index in [-0.39, 0.29) is 4.90 Å². The molecule has 0 fully saturated rings. The van der Waals surface area contributed by atoms with Crippen molar-refractivity contribution in [3.05, 3.63) is 40.6 Å². The van der Waals surface area contributed by atoms with E-state index in [2.05, 4.69) is 25.3 Å². The second-order valence-electron chi connectivity index (χ2n) is 4.46. The van der Waals surface area contributed by atoms with Crippen LogP contribution < -0.4 is 5.14 Å². The molecule has 0 aliphatic rings. The number of sulfonamides is 1. The first kappa shape index (κ1) is 13.3. The van der Waals surface area contributed by atoms with Gasteiger partial charge < -0.3 is 0 Å². The molecule has 3 nitrogen and oxygen atoms in total. The molecule has 0 atom stereocenters. The van der Waals surface area contributed by atoms with Gasteiger partial charge in [0.2, 0.25) is 10.0 Å². The minimum Gasteiger partial charge on any atom is -0.225 e. The average molecular weight is 281 g/mol. The number of rotatable bonds is 3. The number of thiophene rings is 1. The van der Waals surface area contributed by atoms with Gasteiger partial charge in [-0.2, -0.15) is 0 Å². The Morgan fingerprint density at radius 3 is 2.17 bits per heavy atom. The van der Waals surface area contributed by atoms with Gasteiger partial charge in [-0.25, -0.2) is 13.6 Å². The molecule has 1 aromatic heterocycles. The van der Waals surface area contributed by atoms with Crippen LogP contribution in [0.15, 0.2) is 40.6 Å². The Kier molecular flexibility index (Phi) is 3.56. The minimum absolute atomic E-state index is 0.144. The normalized spacial score (nSPS) is 12.0. The lowest BCUT2D eigenvalue weighted by atomic mass is 10.1. The third-order valence-corrected chi connectivity index (χ3v) is 4.87. The number of benzene rings is 1. The van der Waals surface area contributed by atoms with Crippen LogP contribution in [0.2, 0.25) is 0 Å². The molecule has 0 spiro atoms. The van der Waals surface area contributed by atoms with Crippen LogP contribution >= 0.6 is 11.3 Å². The second-order valence-corrected chi connectivity index (χ2v) is 6.97. The molecule has 0 saturated heterocycles. The number of hydrogen-bond donors (Lipinski definition) is 1. The maximum Gasteiger partial charge on any atom is 0.238 e. The van der Waals surface area contributed by atoms with Crippen LogP contribution in [0.3, 0.4) is 0 Å². The molecular formula is C13H15NO2S2. The first-order valence-corrected chi connectivity index (χ1v) is 8.02. The maximum atomic E-state index is 11.2. The SMILES string of the molecule is CC(C)c1cc(-c2ccc(S(N)(=O)=O)cc2)cs1. The van der Waals surface area contributed by atoms with E-state index in [9.17, 15) is 8.42 Å². The molecule has 0 amide bonds. The molecule has 5 heteroatoms. The van der Waals surface area contributed by atoms with E-state index in [1.165, 1.54) is 17.0 Å². The van der Waals surface area contributed by atoms with Crippen LogP contribution in [0.5, 0.6) is 0 Å². The highest BCUT2D eigenvalue weighted by atomic mass is 32.2. The molecule has 0 aliphatic heterocycles. The van der Waals surface area contributed by atoms with E-state index >= 15 is 0 Å². The van der Waals surface area contributed by atoms with Crippen molar-refractivity contribution in [3.8, 4) is 11.1 Å². The van der Waals surface area contributed by atoms with E-state index in [0.29, 0.717) is 5.92 Å². The highest BCUT2D eigenvalue weighted by Gasteiger charge is 2.09. The molecule has 1 aromatic carbocycles. The van der Waals surface area contributed by atoms with Crippen molar-refractivity contribution in [3.63, 3.8) is 0 Å². The van der Waals surface area contributed by atoms with Crippen LogP contribution in [0.25, 0.3) is 11.1 Å². The van der Waals surface area contributed by atoms with Gasteiger partial charge >= 0.3 is 0 Å². The summed E-state index contributed by atoms with van der Waals surface area (Å²) in [5.41, 5.74) is 2.12. The zero-order valence-corrected chi connectivity index (χ0v) is 11.9. The van der Waals surface area contributed by atoms with Gasteiger partial charge in [0, 0.05) is 4.88 Å². The lowest BCUT2D eigenvalue weighted by molar-refractivity contribution is 0.598. The molecule has 0 bridgehead atoms. The summed E-state index contributed by atoms with van der Waals surface area (Å²) < 4.78 is 22.3. The first-order valence-electron chi connectivity index (χ1n) is 5.59. The molecule has 2 N–H and O–H groups in total. The van der Waals surface area contributed by atoms with Gasteiger partial charge in [0.15, 0.2) is 0 Å². The predicted molar refractivity (Wildman–Crippen MR) is 75.2 cm³/mol. The van der Waals surface area contributed by atoms with Crippen molar-refractivity contribution in [2.75, 3.05) is 0 Å². The zero-order valence-electron chi connectivity index (χ0n) is 10.3. The van der Waals surface area contributed by atoms with Gasteiger partial charge in [-0.1, -0.05) is 26.0 Å². The van der Waals surface area contributed by atoms with Crippen molar-refractivity contribution in [2.24, 2.45) is 5.14 Å². The summed E-state index contributed by atoms with van der Waals surface area (Å²) in [5.74, 6) is 0.507. The summed E-state index contributed by atoms with van der Waals surface area (Å²) in [6.07, 6.45) is 0.